The molecule has 0 unspecified atom stereocenters. The third-order valence-electron chi connectivity index (χ3n) is 5.23. The number of carbonyl (C=O) groups is 1. The van der Waals surface area contributed by atoms with E-state index in [2.05, 4.69) is 45.0 Å². The maximum Gasteiger partial charge on any atom is 0.283 e. The first kappa shape index (κ1) is 23.6. The Kier molecular flexibility index (Phi) is 6.98. The number of carbonyl (C=O) groups excluding carboxylic acids is 1. The van der Waals surface area contributed by atoms with E-state index in [0.717, 1.165) is 4.88 Å². The molecule has 4 nitrogen and oxygen atoms in total. The number of aliphatic imine (C=N–C) groups is 1. The lowest BCUT2D eigenvalue weighted by molar-refractivity contribution is -0.113. The molecule has 33 heavy (non-hydrogen) atoms. The van der Waals surface area contributed by atoms with Gasteiger partial charge in [0.1, 0.15) is 11.4 Å². The highest BCUT2D eigenvalue weighted by molar-refractivity contribution is 8.13. The number of hydrogen-bond acceptors (Lipinski definition) is 5. The van der Waals surface area contributed by atoms with E-state index in [1.165, 1.54) is 22.9 Å². The van der Waals surface area contributed by atoms with Gasteiger partial charge in [0.15, 0.2) is 5.17 Å². The average molecular weight is 497 g/mol. The van der Waals surface area contributed by atoms with Gasteiger partial charge in [-0.05, 0) is 52.3 Å². The van der Waals surface area contributed by atoms with Gasteiger partial charge in [-0.15, -0.1) is 11.3 Å². The van der Waals surface area contributed by atoms with Crippen molar-refractivity contribution in [3.8, 4) is 5.75 Å². The molecule has 0 aliphatic carbocycles. The molecule has 0 N–H and O–H groups in total. The quantitative estimate of drug-likeness (QED) is 0.346. The fourth-order valence-electron chi connectivity index (χ4n) is 3.37. The van der Waals surface area contributed by atoms with Gasteiger partial charge in [-0.1, -0.05) is 74.5 Å². The van der Waals surface area contributed by atoms with E-state index in [4.69, 9.17) is 21.3 Å². The molecule has 1 aliphatic rings. The Hall–Kier alpha value is -2.54. The number of benzene rings is 2. The lowest BCUT2D eigenvalue weighted by Crippen LogP contribution is -2.30. The maximum absolute atomic E-state index is 13.3. The second-order valence-electron chi connectivity index (χ2n) is 8.63. The number of thioether (sulfide) groups is 1. The zero-order chi connectivity index (χ0) is 23.6. The first-order valence-electron chi connectivity index (χ1n) is 10.5. The number of nitrogens with zero attached hydrogens (tertiary/aromatic N) is 2. The van der Waals surface area contributed by atoms with E-state index < -0.39 is 0 Å². The Bertz CT molecular complexity index is 1210. The monoisotopic (exact) mass is 496 g/mol. The van der Waals surface area contributed by atoms with Crippen molar-refractivity contribution < 1.29 is 9.53 Å². The lowest BCUT2D eigenvalue weighted by Gasteiger charge is -2.20. The van der Waals surface area contributed by atoms with Crippen molar-refractivity contribution in [3.05, 3.63) is 86.7 Å². The highest BCUT2D eigenvalue weighted by Crippen LogP contribution is 2.35. The largest absolute Gasteiger partial charge is 0.495 e. The summed E-state index contributed by atoms with van der Waals surface area (Å²) < 4.78 is 5.27. The molecule has 3 aromatic rings. The summed E-state index contributed by atoms with van der Waals surface area (Å²) in [6.45, 7) is 6.61. The van der Waals surface area contributed by atoms with Gasteiger partial charge >= 0.3 is 0 Å². The number of amides is 1. The molecule has 0 fully saturated rings. The number of hydrogen-bond donors (Lipinski definition) is 0. The molecule has 7 heteroatoms. The van der Waals surface area contributed by atoms with Crippen molar-refractivity contribution in [3.63, 3.8) is 0 Å². The topological polar surface area (TPSA) is 41.9 Å². The van der Waals surface area contributed by atoms with E-state index in [1.807, 2.05) is 29.7 Å². The Labute approximate surface area is 207 Å². The van der Waals surface area contributed by atoms with Crippen LogP contribution in [-0.4, -0.2) is 18.2 Å². The van der Waals surface area contributed by atoms with E-state index in [9.17, 15) is 4.79 Å². The van der Waals surface area contributed by atoms with Gasteiger partial charge in [0.25, 0.3) is 5.91 Å². The molecule has 0 saturated heterocycles. The summed E-state index contributed by atoms with van der Waals surface area (Å²) >= 11 is 9.46. The van der Waals surface area contributed by atoms with Gasteiger partial charge < -0.3 is 4.74 Å². The van der Waals surface area contributed by atoms with Crippen LogP contribution in [-0.2, 0) is 16.0 Å². The van der Waals surface area contributed by atoms with Gasteiger partial charge in [-0.25, -0.2) is 4.99 Å². The van der Waals surface area contributed by atoms with Gasteiger partial charge in [0.2, 0.25) is 0 Å². The third kappa shape index (κ3) is 5.35. The Balaban J connectivity index is 1.62. The van der Waals surface area contributed by atoms with Crippen molar-refractivity contribution in [1.29, 1.82) is 0 Å². The van der Waals surface area contributed by atoms with E-state index in [1.54, 1.807) is 35.5 Å². The van der Waals surface area contributed by atoms with Crippen molar-refractivity contribution in [2.45, 2.75) is 31.9 Å². The van der Waals surface area contributed by atoms with Crippen molar-refractivity contribution >= 4 is 57.5 Å². The first-order chi connectivity index (χ1) is 15.8. The van der Waals surface area contributed by atoms with Crippen LogP contribution in [0.1, 0.15) is 36.8 Å². The number of ether oxygens (including phenoxy) is 1. The maximum atomic E-state index is 13.3. The summed E-state index contributed by atoms with van der Waals surface area (Å²) in [7, 11) is 1.57. The van der Waals surface area contributed by atoms with Gasteiger partial charge in [0.05, 0.1) is 17.8 Å². The average Bonchev–Trinajstić information content (AvgIpc) is 3.40. The molecule has 1 amide bonds. The number of methoxy groups -OCH3 is 1. The van der Waals surface area contributed by atoms with Crippen LogP contribution in [0.5, 0.6) is 5.75 Å². The Morgan fingerprint density at radius 2 is 1.91 bits per heavy atom. The number of amidine groups is 1. The third-order valence-corrected chi connectivity index (χ3v) is 7.36. The van der Waals surface area contributed by atoms with Crippen LogP contribution in [0.15, 0.2) is 70.7 Å². The van der Waals surface area contributed by atoms with Gasteiger partial charge in [-0.3, -0.25) is 9.69 Å². The van der Waals surface area contributed by atoms with Gasteiger partial charge in [0, 0.05) is 10.6 Å². The minimum atomic E-state index is -0.171. The summed E-state index contributed by atoms with van der Waals surface area (Å²) in [5, 5.41) is 3.05. The number of thiophene rings is 1. The van der Waals surface area contributed by atoms with Crippen molar-refractivity contribution in [2.75, 3.05) is 12.0 Å². The zero-order valence-electron chi connectivity index (χ0n) is 19.0. The fourth-order valence-corrected chi connectivity index (χ4v) is 5.24. The SMILES string of the molecule is COc1ccc(N2C(=O)C(=Cc3cccs3)N=C2SCc2ccc(C(C)(C)C)cc2)cc1Cl. The van der Waals surface area contributed by atoms with Crippen LogP contribution in [0, 0.1) is 0 Å². The minimum Gasteiger partial charge on any atom is -0.495 e. The Morgan fingerprint density at radius 1 is 1.15 bits per heavy atom. The second kappa shape index (κ2) is 9.75. The standard InChI is InChI=1S/C26H25ClN2O2S2/c1-26(2,3)18-9-7-17(8-10-18)16-33-25-28-22(15-20-6-5-13-32-20)24(30)29(25)19-11-12-23(31-4)21(27)14-19/h5-15H,16H2,1-4H3. The van der Waals surface area contributed by atoms with E-state index in [-0.39, 0.29) is 11.3 Å². The summed E-state index contributed by atoms with van der Waals surface area (Å²) in [6.07, 6.45) is 1.83. The lowest BCUT2D eigenvalue weighted by atomic mass is 9.87. The highest BCUT2D eigenvalue weighted by Gasteiger charge is 2.32. The normalized spacial score (nSPS) is 15.3. The minimum absolute atomic E-state index is 0.111. The number of rotatable bonds is 5. The fraction of sp³-hybridized carbons (Fsp3) is 0.231. The molecule has 2 aromatic carbocycles. The van der Waals surface area contributed by atoms with Crippen molar-refractivity contribution in [2.24, 2.45) is 4.99 Å². The molecule has 0 bridgehead atoms. The molecule has 1 aromatic heterocycles. The molecule has 2 heterocycles. The van der Waals surface area contributed by atoms with Crippen LogP contribution in [0.3, 0.4) is 0 Å². The van der Waals surface area contributed by atoms with E-state index in [0.29, 0.717) is 33.1 Å². The molecule has 1 aliphatic heterocycles. The summed E-state index contributed by atoms with van der Waals surface area (Å²) in [6, 6.07) is 17.9. The van der Waals surface area contributed by atoms with Crippen LogP contribution in [0.4, 0.5) is 5.69 Å². The second-order valence-corrected chi connectivity index (χ2v) is 11.0. The molecular weight excluding hydrogens is 472 g/mol. The van der Waals surface area contributed by atoms with E-state index >= 15 is 0 Å². The predicted octanol–water partition coefficient (Wildman–Crippen LogP) is 7.38. The predicted molar refractivity (Wildman–Crippen MR) is 142 cm³/mol. The number of anilines is 1. The van der Waals surface area contributed by atoms with Crippen LogP contribution >= 0.6 is 34.7 Å². The number of halogens is 1. The highest BCUT2D eigenvalue weighted by atomic mass is 35.5. The first-order valence-corrected chi connectivity index (χ1v) is 12.7. The zero-order valence-corrected chi connectivity index (χ0v) is 21.4. The molecule has 4 rings (SSSR count). The molecule has 0 saturated carbocycles. The summed E-state index contributed by atoms with van der Waals surface area (Å²) in [4.78, 5) is 20.6. The molecule has 0 atom stereocenters. The van der Waals surface area contributed by atoms with Crippen LogP contribution < -0.4 is 9.64 Å². The summed E-state index contributed by atoms with van der Waals surface area (Å²) in [5.41, 5.74) is 3.65. The molecular formula is C26H25ClN2O2S2. The van der Waals surface area contributed by atoms with Crippen LogP contribution in [0.25, 0.3) is 6.08 Å². The van der Waals surface area contributed by atoms with Crippen molar-refractivity contribution in [1.82, 2.24) is 0 Å². The molecule has 0 spiro atoms. The molecule has 170 valence electrons. The smallest absolute Gasteiger partial charge is 0.283 e. The van der Waals surface area contributed by atoms with Gasteiger partial charge in [-0.2, -0.15) is 0 Å². The molecule has 0 radical (unpaired) electrons. The van der Waals surface area contributed by atoms with Crippen LogP contribution in [0.2, 0.25) is 5.02 Å². The summed E-state index contributed by atoms with van der Waals surface area (Å²) in [5.74, 6) is 1.09. The Morgan fingerprint density at radius 3 is 2.52 bits per heavy atom.